The van der Waals surface area contributed by atoms with Gasteiger partial charge < -0.3 is 14.5 Å². The van der Waals surface area contributed by atoms with Gasteiger partial charge in [-0.05, 0) is 18.2 Å². The van der Waals surface area contributed by atoms with Crippen molar-refractivity contribution in [3.63, 3.8) is 0 Å². The van der Waals surface area contributed by atoms with Crippen LogP contribution in [0.3, 0.4) is 0 Å². The molecule has 126 valence electrons. The Morgan fingerprint density at radius 1 is 1.12 bits per heavy atom. The normalized spacial score (nSPS) is 11.0. The van der Waals surface area contributed by atoms with Crippen molar-refractivity contribution in [1.29, 1.82) is 0 Å². The number of para-hydroxylation sites is 1. The molecule has 0 saturated heterocycles. The molecule has 0 spiro atoms. The van der Waals surface area contributed by atoms with Gasteiger partial charge in [0.05, 0.1) is 19.8 Å². The van der Waals surface area contributed by atoms with Crippen LogP contribution in [-0.2, 0) is 0 Å². The molecule has 0 fully saturated rings. The first-order chi connectivity index (χ1) is 12.2. The summed E-state index contributed by atoms with van der Waals surface area (Å²) in [4.78, 5) is 20.2. The first-order valence-corrected chi connectivity index (χ1v) is 8.42. The monoisotopic (exact) mass is 353 g/mol. The number of methoxy groups -OCH3 is 2. The minimum atomic E-state index is -0.213. The number of ether oxygens (including phenoxy) is 2. The van der Waals surface area contributed by atoms with Gasteiger partial charge in [-0.2, -0.15) is 0 Å². The van der Waals surface area contributed by atoms with Crippen LogP contribution in [0.5, 0.6) is 11.5 Å². The molecule has 4 rings (SSSR count). The lowest BCUT2D eigenvalue weighted by atomic mass is 10.2. The molecule has 6 nitrogen and oxygen atoms in total. The second-order valence-corrected chi connectivity index (χ2v) is 6.37. The zero-order valence-corrected chi connectivity index (χ0v) is 14.4. The van der Waals surface area contributed by atoms with E-state index in [-0.39, 0.29) is 5.91 Å². The number of carbonyl (C=O) groups is 1. The molecule has 4 aromatic rings. The van der Waals surface area contributed by atoms with Crippen molar-refractivity contribution in [1.82, 2.24) is 9.97 Å². The van der Waals surface area contributed by atoms with Gasteiger partial charge in [-0.3, -0.25) is 10.1 Å². The molecular formula is C18H15N3O3S. The fraction of sp³-hybridized carbons (Fsp3) is 0.111. The van der Waals surface area contributed by atoms with E-state index >= 15 is 0 Å². The summed E-state index contributed by atoms with van der Waals surface area (Å²) >= 11 is 1.35. The van der Waals surface area contributed by atoms with Crippen LogP contribution in [0.1, 0.15) is 10.4 Å². The Morgan fingerprint density at radius 3 is 2.68 bits per heavy atom. The summed E-state index contributed by atoms with van der Waals surface area (Å²) in [5.74, 6) is 1.12. The Bertz CT molecular complexity index is 1040. The third-order valence-corrected chi connectivity index (χ3v) is 4.95. The largest absolute Gasteiger partial charge is 0.495 e. The number of anilines is 1. The van der Waals surface area contributed by atoms with Gasteiger partial charge in [0.2, 0.25) is 0 Å². The van der Waals surface area contributed by atoms with Gasteiger partial charge in [-0.1, -0.05) is 29.5 Å². The molecule has 0 saturated carbocycles. The lowest BCUT2D eigenvalue weighted by Crippen LogP contribution is -2.10. The molecule has 0 aliphatic carbocycles. The number of benzene rings is 2. The van der Waals surface area contributed by atoms with E-state index in [4.69, 9.17) is 9.47 Å². The molecule has 7 heteroatoms. The quantitative estimate of drug-likeness (QED) is 0.580. The van der Waals surface area contributed by atoms with E-state index < -0.39 is 0 Å². The molecule has 25 heavy (non-hydrogen) atoms. The second kappa shape index (κ2) is 6.10. The summed E-state index contributed by atoms with van der Waals surface area (Å²) in [6.07, 6.45) is 1.70. The predicted molar refractivity (Wildman–Crippen MR) is 99.0 cm³/mol. The summed E-state index contributed by atoms with van der Waals surface area (Å²) < 4.78 is 11.5. The van der Waals surface area contributed by atoms with Crippen LogP contribution in [-0.4, -0.2) is 30.1 Å². The number of hydrogen-bond donors (Lipinski definition) is 2. The maximum absolute atomic E-state index is 12.6. The summed E-state index contributed by atoms with van der Waals surface area (Å²) in [6.45, 7) is 0. The van der Waals surface area contributed by atoms with Crippen molar-refractivity contribution in [3.05, 3.63) is 48.2 Å². The van der Waals surface area contributed by atoms with Crippen molar-refractivity contribution in [2.45, 2.75) is 0 Å². The van der Waals surface area contributed by atoms with Crippen molar-refractivity contribution in [2.75, 3.05) is 19.5 Å². The number of amides is 1. The summed E-state index contributed by atoms with van der Waals surface area (Å²) in [5, 5.41) is 4.23. The molecule has 2 N–H and O–H groups in total. The minimum absolute atomic E-state index is 0.213. The van der Waals surface area contributed by atoms with E-state index in [1.165, 1.54) is 11.3 Å². The van der Waals surface area contributed by atoms with Gasteiger partial charge in [0.1, 0.15) is 21.7 Å². The predicted octanol–water partition coefficient (Wildman–Crippen LogP) is 4.05. The topological polar surface area (TPSA) is 76.2 Å². The Kier molecular flexibility index (Phi) is 3.77. The zero-order chi connectivity index (χ0) is 17.4. The first-order valence-electron chi connectivity index (χ1n) is 7.60. The Labute approximate surface area is 147 Å². The highest BCUT2D eigenvalue weighted by molar-refractivity contribution is 7.22. The summed E-state index contributed by atoms with van der Waals surface area (Å²) in [6, 6.07) is 11.3. The fourth-order valence-electron chi connectivity index (χ4n) is 2.76. The summed E-state index contributed by atoms with van der Waals surface area (Å²) in [5.41, 5.74) is 2.16. The van der Waals surface area contributed by atoms with Crippen LogP contribution in [0.15, 0.2) is 42.6 Å². The molecule has 2 heterocycles. The van der Waals surface area contributed by atoms with E-state index in [9.17, 15) is 4.79 Å². The molecule has 0 bridgehead atoms. The van der Waals surface area contributed by atoms with E-state index in [1.807, 2.05) is 30.3 Å². The number of nitrogens with one attached hydrogen (secondary N) is 2. The highest BCUT2D eigenvalue weighted by Crippen LogP contribution is 2.39. The van der Waals surface area contributed by atoms with Crippen LogP contribution in [0.4, 0.5) is 5.13 Å². The SMILES string of the molecule is COc1ccc(OC)c2sc(NC(=O)c3c[nH]c4ccccc34)nc12. The van der Waals surface area contributed by atoms with Gasteiger partial charge in [0.15, 0.2) is 5.13 Å². The van der Waals surface area contributed by atoms with Crippen molar-refractivity contribution in [2.24, 2.45) is 0 Å². The molecule has 2 aromatic carbocycles. The standard InChI is InChI=1S/C18H15N3O3S/c1-23-13-7-8-14(24-2)16-15(13)20-18(25-16)21-17(22)11-9-19-12-6-4-3-5-10(11)12/h3-9,19H,1-2H3,(H,20,21,22). The number of rotatable bonds is 4. The number of nitrogens with zero attached hydrogens (tertiary/aromatic N) is 1. The average Bonchev–Trinajstić information content (AvgIpc) is 3.24. The smallest absolute Gasteiger partial charge is 0.259 e. The maximum atomic E-state index is 12.6. The molecule has 0 radical (unpaired) electrons. The molecule has 0 aliphatic heterocycles. The van der Waals surface area contributed by atoms with Crippen LogP contribution in [0.2, 0.25) is 0 Å². The van der Waals surface area contributed by atoms with Crippen molar-refractivity contribution >= 4 is 43.5 Å². The van der Waals surface area contributed by atoms with Crippen LogP contribution in [0, 0.1) is 0 Å². The third kappa shape index (κ3) is 2.58. The van der Waals surface area contributed by atoms with E-state index in [1.54, 1.807) is 26.5 Å². The fourth-order valence-corrected chi connectivity index (χ4v) is 3.73. The highest BCUT2D eigenvalue weighted by atomic mass is 32.1. The first kappa shape index (κ1) is 15.5. The molecule has 2 aromatic heterocycles. The van der Waals surface area contributed by atoms with E-state index in [2.05, 4.69) is 15.3 Å². The molecule has 0 atom stereocenters. The number of aromatic nitrogens is 2. The lowest BCUT2D eigenvalue weighted by molar-refractivity contribution is 0.102. The number of H-pyrrole nitrogens is 1. The van der Waals surface area contributed by atoms with Crippen LogP contribution < -0.4 is 14.8 Å². The average molecular weight is 353 g/mol. The molecular weight excluding hydrogens is 338 g/mol. The number of fused-ring (bicyclic) bond motifs is 2. The maximum Gasteiger partial charge on any atom is 0.259 e. The zero-order valence-electron chi connectivity index (χ0n) is 13.6. The Hall–Kier alpha value is -3.06. The number of aromatic amines is 1. The molecule has 1 amide bonds. The third-order valence-electron chi connectivity index (χ3n) is 3.96. The van der Waals surface area contributed by atoms with E-state index in [0.717, 1.165) is 15.6 Å². The summed E-state index contributed by atoms with van der Waals surface area (Å²) in [7, 11) is 3.19. The number of hydrogen-bond acceptors (Lipinski definition) is 5. The lowest BCUT2D eigenvalue weighted by Gasteiger charge is -2.03. The van der Waals surface area contributed by atoms with E-state index in [0.29, 0.717) is 27.7 Å². The number of carbonyl (C=O) groups excluding carboxylic acids is 1. The second-order valence-electron chi connectivity index (χ2n) is 5.37. The van der Waals surface area contributed by atoms with Gasteiger partial charge in [0, 0.05) is 17.1 Å². The van der Waals surface area contributed by atoms with Gasteiger partial charge >= 0.3 is 0 Å². The van der Waals surface area contributed by atoms with Crippen molar-refractivity contribution < 1.29 is 14.3 Å². The van der Waals surface area contributed by atoms with Crippen LogP contribution >= 0.6 is 11.3 Å². The highest BCUT2D eigenvalue weighted by Gasteiger charge is 2.17. The van der Waals surface area contributed by atoms with Crippen LogP contribution in [0.25, 0.3) is 21.1 Å². The molecule has 0 unspecified atom stereocenters. The minimum Gasteiger partial charge on any atom is -0.495 e. The van der Waals surface area contributed by atoms with Gasteiger partial charge in [-0.25, -0.2) is 4.98 Å². The molecule has 0 aliphatic rings. The van der Waals surface area contributed by atoms with Gasteiger partial charge in [0.25, 0.3) is 5.91 Å². The Balaban J connectivity index is 1.72. The Morgan fingerprint density at radius 2 is 1.88 bits per heavy atom. The number of thiazole rings is 1. The van der Waals surface area contributed by atoms with Crippen molar-refractivity contribution in [3.8, 4) is 11.5 Å². The van der Waals surface area contributed by atoms with Gasteiger partial charge in [-0.15, -0.1) is 0 Å².